The van der Waals surface area contributed by atoms with E-state index < -0.39 is 0 Å². The minimum absolute atomic E-state index is 0.0416. The van der Waals surface area contributed by atoms with Crippen LogP contribution in [0.3, 0.4) is 0 Å². The van der Waals surface area contributed by atoms with Gasteiger partial charge in [-0.25, -0.2) is 15.0 Å². The predicted octanol–water partition coefficient (Wildman–Crippen LogP) is 2.91. The van der Waals surface area contributed by atoms with E-state index in [-0.39, 0.29) is 11.9 Å². The molecule has 0 spiro atoms. The SMILES string of the molecule is COc1ccc(CC(=O)N2CCCCC2c2ccc3c(N)ncnc3n2)cc1. The number of benzene rings is 1. The van der Waals surface area contributed by atoms with Gasteiger partial charge in [0.1, 0.15) is 17.9 Å². The number of likely N-dealkylation sites (tertiary alicyclic amines) is 1. The van der Waals surface area contributed by atoms with Crippen LogP contribution in [0.5, 0.6) is 5.75 Å². The number of hydrogen-bond acceptors (Lipinski definition) is 6. The molecule has 7 heteroatoms. The van der Waals surface area contributed by atoms with E-state index in [0.29, 0.717) is 17.9 Å². The molecular weight excluding hydrogens is 354 g/mol. The van der Waals surface area contributed by atoms with Crippen LogP contribution in [0.4, 0.5) is 5.82 Å². The average molecular weight is 377 g/mol. The summed E-state index contributed by atoms with van der Waals surface area (Å²) in [6.07, 6.45) is 4.76. The van der Waals surface area contributed by atoms with E-state index in [4.69, 9.17) is 10.5 Å². The molecule has 3 aromatic rings. The van der Waals surface area contributed by atoms with Gasteiger partial charge in [-0.3, -0.25) is 4.79 Å². The lowest BCUT2D eigenvalue weighted by Gasteiger charge is -2.35. The number of piperidine rings is 1. The molecule has 7 nitrogen and oxygen atoms in total. The first-order valence-corrected chi connectivity index (χ1v) is 9.45. The van der Waals surface area contributed by atoms with Crippen molar-refractivity contribution in [3.8, 4) is 5.75 Å². The zero-order chi connectivity index (χ0) is 19.5. The van der Waals surface area contributed by atoms with Crippen molar-refractivity contribution in [2.75, 3.05) is 19.4 Å². The lowest BCUT2D eigenvalue weighted by molar-refractivity contribution is -0.134. The first-order valence-electron chi connectivity index (χ1n) is 9.45. The van der Waals surface area contributed by atoms with Gasteiger partial charge in [-0.05, 0) is 49.1 Å². The highest BCUT2D eigenvalue weighted by atomic mass is 16.5. The van der Waals surface area contributed by atoms with Crippen molar-refractivity contribution in [3.05, 3.63) is 54.0 Å². The molecule has 1 unspecified atom stereocenters. The number of carbonyl (C=O) groups is 1. The van der Waals surface area contributed by atoms with Gasteiger partial charge in [0.15, 0.2) is 5.65 Å². The number of pyridine rings is 1. The van der Waals surface area contributed by atoms with Crippen LogP contribution in [0.15, 0.2) is 42.7 Å². The van der Waals surface area contributed by atoms with E-state index in [0.717, 1.165) is 48.2 Å². The van der Waals surface area contributed by atoms with Crippen LogP contribution in [0.1, 0.15) is 36.6 Å². The van der Waals surface area contributed by atoms with E-state index in [1.54, 1.807) is 7.11 Å². The maximum absolute atomic E-state index is 13.0. The van der Waals surface area contributed by atoms with Crippen LogP contribution >= 0.6 is 0 Å². The molecule has 2 aromatic heterocycles. The van der Waals surface area contributed by atoms with Crippen molar-refractivity contribution in [3.63, 3.8) is 0 Å². The highest BCUT2D eigenvalue weighted by Gasteiger charge is 2.29. The third kappa shape index (κ3) is 3.60. The van der Waals surface area contributed by atoms with E-state index in [2.05, 4.69) is 15.0 Å². The normalized spacial score (nSPS) is 16.9. The van der Waals surface area contributed by atoms with Crippen LogP contribution in [-0.4, -0.2) is 39.4 Å². The fraction of sp³-hybridized carbons (Fsp3) is 0.333. The molecule has 3 heterocycles. The van der Waals surface area contributed by atoms with Crippen LogP contribution in [0.2, 0.25) is 0 Å². The smallest absolute Gasteiger partial charge is 0.227 e. The Hall–Kier alpha value is -3.22. The Morgan fingerprint density at radius 3 is 2.79 bits per heavy atom. The van der Waals surface area contributed by atoms with Gasteiger partial charge in [-0.15, -0.1) is 0 Å². The number of fused-ring (bicyclic) bond motifs is 1. The summed E-state index contributed by atoms with van der Waals surface area (Å²) in [7, 11) is 1.63. The van der Waals surface area contributed by atoms with Gasteiger partial charge in [-0.2, -0.15) is 0 Å². The lowest BCUT2D eigenvalue weighted by Crippen LogP contribution is -2.39. The maximum atomic E-state index is 13.0. The quantitative estimate of drug-likeness (QED) is 0.751. The third-order valence-electron chi connectivity index (χ3n) is 5.23. The molecule has 0 aliphatic carbocycles. The van der Waals surface area contributed by atoms with Gasteiger partial charge in [0, 0.05) is 6.54 Å². The minimum atomic E-state index is -0.0416. The fourth-order valence-electron chi connectivity index (χ4n) is 3.72. The molecule has 144 valence electrons. The fourth-order valence-corrected chi connectivity index (χ4v) is 3.72. The second kappa shape index (κ2) is 7.80. The van der Waals surface area contributed by atoms with Crippen molar-refractivity contribution in [1.29, 1.82) is 0 Å². The Balaban J connectivity index is 1.57. The Labute approximate surface area is 163 Å². The first-order chi connectivity index (χ1) is 13.7. The molecular formula is C21H23N5O2. The summed E-state index contributed by atoms with van der Waals surface area (Å²) in [5, 5.41) is 0.734. The number of nitrogen functional groups attached to an aromatic ring is 1. The summed E-state index contributed by atoms with van der Waals surface area (Å²) >= 11 is 0. The molecule has 28 heavy (non-hydrogen) atoms. The Morgan fingerprint density at radius 1 is 1.18 bits per heavy atom. The van der Waals surface area contributed by atoms with Crippen LogP contribution in [0.25, 0.3) is 11.0 Å². The Bertz CT molecular complexity index is 990. The zero-order valence-electron chi connectivity index (χ0n) is 15.8. The number of nitrogens with zero attached hydrogens (tertiary/aromatic N) is 4. The van der Waals surface area contributed by atoms with Crippen molar-refractivity contribution < 1.29 is 9.53 Å². The first kappa shape index (κ1) is 18.2. The molecule has 1 aliphatic rings. The summed E-state index contributed by atoms with van der Waals surface area (Å²) in [5.41, 5.74) is 8.30. The molecule has 0 saturated carbocycles. The second-order valence-corrected chi connectivity index (χ2v) is 6.99. The van der Waals surface area contributed by atoms with Gasteiger partial charge < -0.3 is 15.4 Å². The number of nitrogens with two attached hydrogens (primary N) is 1. The van der Waals surface area contributed by atoms with E-state index >= 15 is 0 Å². The number of amides is 1. The number of rotatable bonds is 4. The van der Waals surface area contributed by atoms with E-state index in [1.165, 1.54) is 6.33 Å². The highest BCUT2D eigenvalue weighted by molar-refractivity contribution is 5.85. The van der Waals surface area contributed by atoms with Crippen molar-refractivity contribution in [2.45, 2.75) is 31.7 Å². The average Bonchev–Trinajstić information content (AvgIpc) is 2.74. The van der Waals surface area contributed by atoms with Gasteiger partial charge in [0.25, 0.3) is 0 Å². The summed E-state index contributed by atoms with van der Waals surface area (Å²) in [4.78, 5) is 27.9. The van der Waals surface area contributed by atoms with Crippen molar-refractivity contribution in [2.24, 2.45) is 0 Å². The molecule has 1 atom stereocenters. The van der Waals surface area contributed by atoms with E-state index in [9.17, 15) is 4.79 Å². The largest absolute Gasteiger partial charge is 0.497 e. The molecule has 2 N–H and O–H groups in total. The number of methoxy groups -OCH3 is 1. The minimum Gasteiger partial charge on any atom is -0.497 e. The number of aromatic nitrogens is 3. The molecule has 0 radical (unpaired) electrons. The van der Waals surface area contributed by atoms with Crippen LogP contribution in [0, 0.1) is 0 Å². The highest BCUT2D eigenvalue weighted by Crippen LogP contribution is 2.31. The summed E-state index contributed by atoms with van der Waals surface area (Å²) < 4.78 is 5.19. The van der Waals surface area contributed by atoms with Crippen LogP contribution < -0.4 is 10.5 Å². The molecule has 1 fully saturated rings. The van der Waals surface area contributed by atoms with Crippen LogP contribution in [-0.2, 0) is 11.2 Å². The third-order valence-corrected chi connectivity index (χ3v) is 5.23. The number of hydrogen-bond donors (Lipinski definition) is 1. The Morgan fingerprint density at radius 2 is 2.00 bits per heavy atom. The molecule has 1 aromatic carbocycles. The molecule has 4 rings (SSSR count). The van der Waals surface area contributed by atoms with Gasteiger partial charge in [-0.1, -0.05) is 12.1 Å². The lowest BCUT2D eigenvalue weighted by atomic mass is 9.97. The van der Waals surface area contributed by atoms with Crippen molar-refractivity contribution in [1.82, 2.24) is 19.9 Å². The molecule has 0 bridgehead atoms. The monoisotopic (exact) mass is 377 g/mol. The predicted molar refractivity (Wildman–Crippen MR) is 107 cm³/mol. The topological polar surface area (TPSA) is 94.2 Å². The summed E-state index contributed by atoms with van der Waals surface area (Å²) in [6.45, 7) is 0.741. The van der Waals surface area contributed by atoms with Crippen molar-refractivity contribution >= 4 is 22.8 Å². The van der Waals surface area contributed by atoms with E-state index in [1.807, 2.05) is 41.3 Å². The summed E-state index contributed by atoms with van der Waals surface area (Å²) in [5.74, 6) is 1.31. The van der Waals surface area contributed by atoms with Gasteiger partial charge >= 0.3 is 0 Å². The standard InChI is InChI=1S/C21H23N5O2/c1-28-15-7-5-14(6-8-15)12-19(27)26-11-3-2-4-18(26)17-10-9-16-20(22)23-13-24-21(16)25-17/h5-10,13,18H,2-4,11-12H2,1H3,(H2,22,23,24,25). The number of anilines is 1. The molecule has 1 amide bonds. The summed E-state index contributed by atoms with van der Waals surface area (Å²) in [6, 6.07) is 11.4. The second-order valence-electron chi connectivity index (χ2n) is 6.99. The Kier molecular flexibility index (Phi) is 5.06. The maximum Gasteiger partial charge on any atom is 0.227 e. The molecule has 1 saturated heterocycles. The zero-order valence-corrected chi connectivity index (χ0v) is 15.8. The number of carbonyl (C=O) groups excluding carboxylic acids is 1. The molecule has 1 aliphatic heterocycles. The van der Waals surface area contributed by atoms with Gasteiger partial charge in [0.05, 0.1) is 30.7 Å². The number of ether oxygens (including phenoxy) is 1. The van der Waals surface area contributed by atoms with Gasteiger partial charge in [0.2, 0.25) is 5.91 Å².